The molecule has 1 aliphatic carbocycles. The molecule has 4 rings (SSSR count). The highest BCUT2D eigenvalue weighted by Crippen LogP contribution is 2.59. The predicted octanol–water partition coefficient (Wildman–Crippen LogP) is 2.96. The van der Waals surface area contributed by atoms with E-state index >= 15 is 0 Å². The Morgan fingerprint density at radius 3 is 2.20 bits per heavy atom. The van der Waals surface area contributed by atoms with Gasteiger partial charge >= 0.3 is 6.18 Å². The van der Waals surface area contributed by atoms with Crippen molar-refractivity contribution in [1.82, 2.24) is 9.88 Å². The number of hydrogen-bond donors (Lipinski definition) is 2. The van der Waals surface area contributed by atoms with Gasteiger partial charge in [-0.15, -0.1) is 0 Å². The Bertz CT molecular complexity index is 980. The minimum atomic E-state index is -4.30. The SMILES string of the molecule is CN1CC(C)(C(O)(c2ccc(C3(C(F)(F)F)CC3)cc2)c2cncc(C(N)=O)c2)C1. The average Bonchev–Trinajstić information content (AvgIpc) is 3.48. The lowest BCUT2D eigenvalue weighted by Crippen LogP contribution is -2.63. The Hall–Kier alpha value is -2.45. The van der Waals surface area contributed by atoms with E-state index in [1.807, 2.05) is 18.9 Å². The lowest BCUT2D eigenvalue weighted by atomic mass is 9.62. The van der Waals surface area contributed by atoms with Crippen molar-refractivity contribution in [3.05, 3.63) is 65.0 Å². The van der Waals surface area contributed by atoms with E-state index in [2.05, 4.69) is 4.98 Å². The summed E-state index contributed by atoms with van der Waals surface area (Å²) in [6.45, 7) is 3.05. The summed E-state index contributed by atoms with van der Waals surface area (Å²) in [5.74, 6) is -0.668. The molecule has 1 atom stereocenters. The first kappa shape index (κ1) is 20.8. The molecule has 0 bridgehead atoms. The molecular formula is C22H24F3N3O2. The molecule has 1 unspecified atom stereocenters. The summed E-state index contributed by atoms with van der Waals surface area (Å²) in [4.78, 5) is 17.7. The van der Waals surface area contributed by atoms with E-state index in [1.165, 1.54) is 30.6 Å². The minimum Gasteiger partial charge on any atom is -0.380 e. The maximum Gasteiger partial charge on any atom is 0.398 e. The van der Waals surface area contributed by atoms with Crippen LogP contribution in [0.1, 0.15) is 46.8 Å². The summed E-state index contributed by atoms with van der Waals surface area (Å²) >= 11 is 0. The number of amides is 1. The zero-order chi connectivity index (χ0) is 21.9. The van der Waals surface area contributed by atoms with Gasteiger partial charge in [-0.2, -0.15) is 13.2 Å². The third-order valence-corrected chi connectivity index (χ3v) is 6.70. The normalized spacial score (nSPS) is 22.1. The largest absolute Gasteiger partial charge is 0.398 e. The van der Waals surface area contributed by atoms with E-state index in [4.69, 9.17) is 5.73 Å². The molecule has 2 aromatic rings. The Kier molecular flexibility index (Phi) is 4.52. The van der Waals surface area contributed by atoms with Crippen molar-refractivity contribution in [3.63, 3.8) is 0 Å². The number of nitrogens with two attached hydrogens (primary N) is 1. The Morgan fingerprint density at radius 2 is 1.73 bits per heavy atom. The number of benzene rings is 1. The zero-order valence-electron chi connectivity index (χ0n) is 16.8. The van der Waals surface area contributed by atoms with Crippen molar-refractivity contribution in [3.8, 4) is 0 Å². The van der Waals surface area contributed by atoms with E-state index < -0.39 is 28.5 Å². The lowest BCUT2D eigenvalue weighted by molar-refractivity contribution is -0.160. The molecule has 5 nitrogen and oxygen atoms in total. The van der Waals surface area contributed by atoms with Gasteiger partial charge in [0.1, 0.15) is 5.60 Å². The fourth-order valence-electron chi connectivity index (χ4n) is 4.90. The number of aromatic nitrogens is 1. The second-order valence-corrected chi connectivity index (χ2v) is 8.93. The van der Waals surface area contributed by atoms with Gasteiger partial charge in [0.05, 0.1) is 11.0 Å². The summed E-state index contributed by atoms with van der Waals surface area (Å²) in [7, 11) is 1.92. The van der Waals surface area contributed by atoms with E-state index in [-0.39, 0.29) is 24.0 Å². The third kappa shape index (κ3) is 2.93. The summed E-state index contributed by atoms with van der Waals surface area (Å²) in [6, 6.07) is 7.53. The first-order valence-electron chi connectivity index (χ1n) is 9.77. The number of carbonyl (C=O) groups is 1. The molecule has 160 valence electrons. The van der Waals surface area contributed by atoms with Gasteiger partial charge in [0, 0.05) is 36.5 Å². The van der Waals surface area contributed by atoms with Gasteiger partial charge in [0.25, 0.3) is 0 Å². The van der Waals surface area contributed by atoms with Gasteiger partial charge in [0.2, 0.25) is 5.91 Å². The van der Waals surface area contributed by atoms with Crippen LogP contribution in [0.2, 0.25) is 0 Å². The number of alkyl halides is 3. The number of likely N-dealkylation sites (tertiary alicyclic amines) is 1. The molecule has 30 heavy (non-hydrogen) atoms. The summed E-state index contributed by atoms with van der Waals surface area (Å²) in [5, 5.41) is 12.0. The van der Waals surface area contributed by atoms with Gasteiger partial charge in [0.15, 0.2) is 0 Å². The van der Waals surface area contributed by atoms with Crippen LogP contribution < -0.4 is 5.73 Å². The predicted molar refractivity (Wildman–Crippen MR) is 105 cm³/mol. The summed E-state index contributed by atoms with van der Waals surface area (Å²) < 4.78 is 40.5. The maximum atomic E-state index is 13.5. The summed E-state index contributed by atoms with van der Waals surface area (Å²) in [5.41, 5.74) is 2.65. The molecule has 1 aromatic heterocycles. The molecule has 1 aliphatic heterocycles. The van der Waals surface area contributed by atoms with Crippen molar-refractivity contribution >= 4 is 5.91 Å². The highest BCUT2D eigenvalue weighted by molar-refractivity contribution is 5.92. The van der Waals surface area contributed by atoms with Crippen molar-refractivity contribution in [2.45, 2.75) is 37.0 Å². The Balaban J connectivity index is 1.80. The number of hydrogen-bond acceptors (Lipinski definition) is 4. The van der Waals surface area contributed by atoms with Crippen molar-refractivity contribution in [1.29, 1.82) is 0 Å². The average molecular weight is 419 g/mol. The zero-order valence-corrected chi connectivity index (χ0v) is 16.8. The van der Waals surface area contributed by atoms with E-state index in [0.29, 0.717) is 24.2 Å². The number of pyridine rings is 1. The number of halogens is 3. The highest BCUT2D eigenvalue weighted by atomic mass is 19.4. The number of nitrogens with zero attached hydrogens (tertiary/aromatic N) is 2. The standard InChI is InChI=1S/C22H24F3N3O2/c1-19(12-28(2)13-19)21(30,17-9-14(18(26)29)10-27-11-17)16-5-3-15(4-6-16)20(7-8-20)22(23,24)25/h3-6,9-11,30H,7-8,12-13H2,1-2H3,(H2,26,29). The van der Waals surface area contributed by atoms with Crippen LogP contribution in [0.5, 0.6) is 0 Å². The Labute approximate surface area is 172 Å². The topological polar surface area (TPSA) is 79.4 Å². The van der Waals surface area contributed by atoms with E-state index in [0.717, 1.165) is 0 Å². The van der Waals surface area contributed by atoms with Gasteiger partial charge in [-0.05, 0) is 37.1 Å². The molecule has 1 saturated carbocycles. The van der Waals surface area contributed by atoms with Crippen LogP contribution in [0, 0.1) is 5.41 Å². The molecule has 0 spiro atoms. The van der Waals surface area contributed by atoms with Crippen molar-refractivity contribution < 1.29 is 23.1 Å². The highest BCUT2D eigenvalue weighted by Gasteiger charge is 2.64. The van der Waals surface area contributed by atoms with E-state index in [9.17, 15) is 23.1 Å². The molecule has 3 N–H and O–H groups in total. The second kappa shape index (κ2) is 6.52. The molecular weight excluding hydrogens is 395 g/mol. The lowest BCUT2D eigenvalue weighted by Gasteiger charge is -2.55. The van der Waals surface area contributed by atoms with Crippen LogP contribution >= 0.6 is 0 Å². The molecule has 2 heterocycles. The van der Waals surface area contributed by atoms with Crippen LogP contribution in [0.3, 0.4) is 0 Å². The maximum absolute atomic E-state index is 13.5. The van der Waals surface area contributed by atoms with E-state index in [1.54, 1.807) is 12.1 Å². The van der Waals surface area contributed by atoms with Gasteiger partial charge < -0.3 is 15.7 Å². The van der Waals surface area contributed by atoms with Crippen LogP contribution in [0.15, 0.2) is 42.7 Å². The van der Waals surface area contributed by atoms with Crippen LogP contribution in [0.4, 0.5) is 13.2 Å². The van der Waals surface area contributed by atoms with Gasteiger partial charge in [-0.3, -0.25) is 9.78 Å². The van der Waals surface area contributed by atoms with Gasteiger partial charge in [-0.25, -0.2) is 0 Å². The molecule has 1 amide bonds. The number of primary amides is 1. The third-order valence-electron chi connectivity index (χ3n) is 6.70. The monoisotopic (exact) mass is 419 g/mol. The van der Waals surface area contributed by atoms with Gasteiger partial charge in [-0.1, -0.05) is 31.2 Å². The molecule has 2 aliphatic rings. The minimum absolute atomic E-state index is 0.0766. The quantitative estimate of drug-likeness (QED) is 0.781. The number of aliphatic hydroxyl groups is 1. The molecule has 1 aromatic carbocycles. The van der Waals surface area contributed by atoms with Crippen molar-refractivity contribution in [2.75, 3.05) is 20.1 Å². The number of carbonyl (C=O) groups excluding carboxylic acids is 1. The second-order valence-electron chi connectivity index (χ2n) is 8.93. The molecule has 2 fully saturated rings. The van der Waals surface area contributed by atoms with Crippen LogP contribution in [-0.2, 0) is 11.0 Å². The number of rotatable bonds is 5. The van der Waals surface area contributed by atoms with Crippen LogP contribution in [-0.4, -0.2) is 47.2 Å². The summed E-state index contributed by atoms with van der Waals surface area (Å²) in [6.07, 6.45) is -1.35. The molecule has 0 radical (unpaired) electrons. The smallest absolute Gasteiger partial charge is 0.380 e. The van der Waals surface area contributed by atoms with Crippen LogP contribution in [0.25, 0.3) is 0 Å². The molecule has 1 saturated heterocycles. The fraction of sp³-hybridized carbons (Fsp3) is 0.455. The first-order valence-corrected chi connectivity index (χ1v) is 9.77. The van der Waals surface area contributed by atoms with Crippen molar-refractivity contribution in [2.24, 2.45) is 11.1 Å². The fourth-order valence-corrected chi connectivity index (χ4v) is 4.90. The molecule has 8 heteroatoms. The Morgan fingerprint density at radius 1 is 1.13 bits per heavy atom. The first-order chi connectivity index (χ1) is 13.9.